The number of hydrogen-bond donors (Lipinski definition) is 3. The number of aromatic nitrogens is 4. The molecule has 2 heterocycles. The third-order valence-electron chi connectivity index (χ3n) is 8.65. The fourth-order valence-corrected chi connectivity index (χ4v) is 6.94. The number of para-hydroxylation sites is 1. The standard InChI is InChI=1S/C38H39N5O6S/c1-25-33(24-50-38-40-41-42-43(38)32-12-3-2-4-13-32)48-37(49-36(25)28-18-16-26(23-44)17-19-28)31-11-6-10-30(21-31)29-9-5-8-27(20-29)22-39-34(45)14-7-15-35(46)47/h2-6,8-13,16-21,25,33,36-37,44H,7,14-15,22-24H2,1H3,(H,39,45)(H,46,47)/t25-,33+,36+,37+/m1/s1. The zero-order chi connectivity index (χ0) is 34.9. The average Bonchev–Trinajstić information content (AvgIpc) is 3.63. The second kappa shape index (κ2) is 16.7. The molecule has 1 fully saturated rings. The van der Waals surface area contributed by atoms with Crippen LogP contribution >= 0.6 is 11.8 Å². The number of nitrogens with zero attached hydrogens (tertiary/aromatic N) is 4. The molecule has 4 aromatic carbocycles. The first-order valence-electron chi connectivity index (χ1n) is 16.5. The van der Waals surface area contributed by atoms with Crippen molar-refractivity contribution in [2.75, 3.05) is 5.75 Å². The predicted molar refractivity (Wildman–Crippen MR) is 188 cm³/mol. The zero-order valence-electron chi connectivity index (χ0n) is 27.6. The highest BCUT2D eigenvalue weighted by molar-refractivity contribution is 7.99. The molecule has 258 valence electrons. The molecule has 1 aliphatic rings. The number of aliphatic hydroxyl groups excluding tert-OH is 1. The van der Waals surface area contributed by atoms with Crippen LogP contribution in [-0.4, -0.2) is 54.2 Å². The van der Waals surface area contributed by atoms with Gasteiger partial charge in [0.25, 0.3) is 0 Å². The van der Waals surface area contributed by atoms with E-state index in [0.29, 0.717) is 23.9 Å². The Hall–Kier alpha value is -4.88. The fraction of sp³-hybridized carbons (Fsp3) is 0.289. The van der Waals surface area contributed by atoms with Crippen LogP contribution in [0.2, 0.25) is 0 Å². The van der Waals surface area contributed by atoms with Gasteiger partial charge in [-0.2, -0.15) is 4.68 Å². The lowest BCUT2D eigenvalue weighted by atomic mass is 9.91. The molecule has 0 unspecified atom stereocenters. The lowest BCUT2D eigenvalue weighted by molar-refractivity contribution is -0.268. The Kier molecular flexibility index (Phi) is 11.7. The van der Waals surface area contributed by atoms with E-state index >= 15 is 0 Å². The quantitative estimate of drug-likeness (QED) is 0.114. The molecule has 50 heavy (non-hydrogen) atoms. The highest BCUT2D eigenvalue weighted by Crippen LogP contribution is 2.43. The van der Waals surface area contributed by atoms with Crippen molar-refractivity contribution in [3.05, 3.63) is 125 Å². The van der Waals surface area contributed by atoms with E-state index in [0.717, 1.165) is 39.1 Å². The SMILES string of the molecule is C[C@@H]1[C@H](CSc2nnnn2-c2ccccc2)O[C@H](c2cccc(-c3cccc(CNC(=O)CCCC(=O)O)c3)c2)O[C@@H]1c1ccc(CO)cc1. The van der Waals surface area contributed by atoms with E-state index in [4.69, 9.17) is 14.6 Å². The summed E-state index contributed by atoms with van der Waals surface area (Å²) in [6, 6.07) is 33.6. The van der Waals surface area contributed by atoms with E-state index in [2.05, 4.69) is 33.8 Å². The van der Waals surface area contributed by atoms with Gasteiger partial charge in [0, 0.05) is 36.6 Å². The van der Waals surface area contributed by atoms with Gasteiger partial charge in [-0.05, 0) is 68.9 Å². The van der Waals surface area contributed by atoms with Crippen LogP contribution in [0, 0.1) is 5.92 Å². The molecule has 5 aromatic rings. The third kappa shape index (κ3) is 8.82. The number of ether oxygens (including phenoxy) is 2. The number of amides is 1. The monoisotopic (exact) mass is 693 g/mol. The van der Waals surface area contributed by atoms with Gasteiger partial charge >= 0.3 is 5.97 Å². The van der Waals surface area contributed by atoms with Gasteiger partial charge in [0.15, 0.2) is 6.29 Å². The normalized spacial score (nSPS) is 18.8. The first kappa shape index (κ1) is 35.0. The van der Waals surface area contributed by atoms with Crippen LogP contribution in [0.3, 0.4) is 0 Å². The molecule has 11 nitrogen and oxygen atoms in total. The van der Waals surface area contributed by atoms with Crippen LogP contribution in [0.15, 0.2) is 108 Å². The summed E-state index contributed by atoms with van der Waals surface area (Å²) in [6.07, 6.45) is -0.699. The van der Waals surface area contributed by atoms with Crippen LogP contribution in [0.4, 0.5) is 0 Å². The number of aliphatic carboxylic acids is 1. The third-order valence-corrected chi connectivity index (χ3v) is 9.65. The first-order valence-corrected chi connectivity index (χ1v) is 17.5. The van der Waals surface area contributed by atoms with Gasteiger partial charge in [0.2, 0.25) is 11.1 Å². The average molecular weight is 694 g/mol. The van der Waals surface area contributed by atoms with Crippen molar-refractivity contribution in [3.8, 4) is 16.8 Å². The summed E-state index contributed by atoms with van der Waals surface area (Å²) in [7, 11) is 0. The Labute approximate surface area is 294 Å². The highest BCUT2D eigenvalue weighted by atomic mass is 32.2. The number of benzene rings is 4. The van der Waals surface area contributed by atoms with E-state index in [-0.39, 0.29) is 43.5 Å². The number of rotatable bonds is 14. The molecule has 0 saturated carbocycles. The molecule has 1 aliphatic heterocycles. The number of carbonyl (C=O) groups is 2. The molecule has 0 bridgehead atoms. The molecular formula is C38H39N5O6S. The number of aliphatic hydroxyl groups is 1. The molecule has 12 heteroatoms. The molecule has 0 radical (unpaired) electrons. The molecular weight excluding hydrogens is 655 g/mol. The van der Waals surface area contributed by atoms with Crippen LogP contribution in [0.1, 0.15) is 60.8 Å². The molecule has 1 aromatic heterocycles. The van der Waals surface area contributed by atoms with E-state index in [1.807, 2.05) is 97.1 Å². The largest absolute Gasteiger partial charge is 0.481 e. The second-order valence-corrected chi connectivity index (χ2v) is 13.2. The maximum absolute atomic E-state index is 12.2. The Morgan fingerprint density at radius 1 is 0.860 bits per heavy atom. The van der Waals surface area contributed by atoms with Gasteiger partial charge in [-0.1, -0.05) is 97.5 Å². The summed E-state index contributed by atoms with van der Waals surface area (Å²) >= 11 is 1.53. The minimum Gasteiger partial charge on any atom is -0.481 e. The Bertz CT molecular complexity index is 1890. The molecule has 0 spiro atoms. The first-order chi connectivity index (χ1) is 24.4. The lowest BCUT2D eigenvalue weighted by Gasteiger charge is -2.41. The van der Waals surface area contributed by atoms with Crippen LogP contribution < -0.4 is 5.32 Å². The molecule has 1 amide bonds. The van der Waals surface area contributed by atoms with Gasteiger partial charge in [-0.3, -0.25) is 9.59 Å². The molecule has 1 saturated heterocycles. The Balaban J connectivity index is 1.21. The van der Waals surface area contributed by atoms with Gasteiger partial charge in [-0.25, -0.2) is 0 Å². The number of nitrogens with one attached hydrogen (secondary N) is 1. The van der Waals surface area contributed by atoms with Crippen molar-refractivity contribution < 1.29 is 29.3 Å². The summed E-state index contributed by atoms with van der Waals surface area (Å²) in [5.41, 5.74) is 6.45. The minimum absolute atomic E-state index is 0.0148. The van der Waals surface area contributed by atoms with E-state index in [1.54, 1.807) is 4.68 Å². The van der Waals surface area contributed by atoms with Crippen molar-refractivity contribution >= 4 is 23.6 Å². The predicted octanol–water partition coefficient (Wildman–Crippen LogP) is 6.28. The minimum atomic E-state index is -0.908. The van der Waals surface area contributed by atoms with Crippen molar-refractivity contribution in [2.24, 2.45) is 5.92 Å². The summed E-state index contributed by atoms with van der Waals surface area (Å²) in [4.78, 5) is 23.0. The van der Waals surface area contributed by atoms with Crippen LogP contribution in [0.5, 0.6) is 0 Å². The van der Waals surface area contributed by atoms with Crippen LogP contribution in [0.25, 0.3) is 16.8 Å². The van der Waals surface area contributed by atoms with E-state index in [1.165, 1.54) is 11.8 Å². The Morgan fingerprint density at radius 3 is 2.38 bits per heavy atom. The summed E-state index contributed by atoms with van der Waals surface area (Å²) in [6.45, 7) is 2.44. The number of thioether (sulfide) groups is 1. The van der Waals surface area contributed by atoms with Crippen molar-refractivity contribution in [3.63, 3.8) is 0 Å². The number of hydrogen-bond acceptors (Lipinski definition) is 9. The number of carboxylic acid groups (broad SMARTS) is 1. The highest BCUT2D eigenvalue weighted by Gasteiger charge is 2.38. The van der Waals surface area contributed by atoms with Crippen LogP contribution in [-0.2, 0) is 32.2 Å². The van der Waals surface area contributed by atoms with Crippen molar-refractivity contribution in [1.29, 1.82) is 0 Å². The van der Waals surface area contributed by atoms with Gasteiger partial charge < -0.3 is 25.0 Å². The van der Waals surface area contributed by atoms with E-state index < -0.39 is 12.3 Å². The van der Waals surface area contributed by atoms with E-state index in [9.17, 15) is 14.7 Å². The number of carbonyl (C=O) groups excluding carboxylic acids is 1. The van der Waals surface area contributed by atoms with Gasteiger partial charge in [-0.15, -0.1) is 5.10 Å². The summed E-state index contributed by atoms with van der Waals surface area (Å²) in [5.74, 6) is -0.512. The summed E-state index contributed by atoms with van der Waals surface area (Å²) in [5, 5.41) is 34.4. The topological polar surface area (TPSA) is 149 Å². The zero-order valence-corrected chi connectivity index (χ0v) is 28.4. The van der Waals surface area contributed by atoms with Gasteiger partial charge in [0.1, 0.15) is 0 Å². The summed E-state index contributed by atoms with van der Waals surface area (Å²) < 4.78 is 15.1. The Morgan fingerprint density at radius 2 is 1.62 bits per heavy atom. The van der Waals surface area contributed by atoms with Crippen molar-refractivity contribution in [1.82, 2.24) is 25.5 Å². The maximum Gasteiger partial charge on any atom is 0.303 e. The molecule has 6 rings (SSSR count). The second-order valence-electron chi connectivity index (χ2n) is 12.2. The fourth-order valence-electron chi connectivity index (χ4n) is 5.88. The number of carboxylic acids is 1. The lowest BCUT2D eigenvalue weighted by Crippen LogP contribution is -2.38. The molecule has 0 aliphatic carbocycles. The van der Waals surface area contributed by atoms with Gasteiger partial charge in [0.05, 0.1) is 24.5 Å². The van der Waals surface area contributed by atoms with Crippen molar-refractivity contribution in [2.45, 2.75) is 63.0 Å². The molecule has 4 atom stereocenters. The maximum atomic E-state index is 12.2. The number of tetrazole rings is 1. The smallest absolute Gasteiger partial charge is 0.303 e. The molecule has 3 N–H and O–H groups in total.